The number of aryl methyl sites for hydroxylation is 1. The molecular formula is C19H29N3O4. The molecular weight excluding hydrogens is 334 g/mol. The van der Waals surface area contributed by atoms with Crippen molar-refractivity contribution in [3.8, 4) is 0 Å². The molecule has 2 atom stereocenters. The molecule has 7 nitrogen and oxygen atoms in total. The second kappa shape index (κ2) is 9.54. The van der Waals surface area contributed by atoms with Crippen molar-refractivity contribution in [1.29, 1.82) is 0 Å². The molecule has 1 saturated heterocycles. The van der Waals surface area contributed by atoms with E-state index in [-0.39, 0.29) is 24.7 Å². The van der Waals surface area contributed by atoms with E-state index in [1.807, 2.05) is 38.1 Å². The molecule has 1 aliphatic rings. The van der Waals surface area contributed by atoms with Crippen molar-refractivity contribution in [3.05, 3.63) is 35.4 Å². The van der Waals surface area contributed by atoms with Crippen molar-refractivity contribution in [2.45, 2.75) is 32.4 Å². The molecule has 1 heterocycles. The summed E-state index contributed by atoms with van der Waals surface area (Å²) in [7, 11) is 1.74. The number of hydrogen-bond acceptors (Lipinski definition) is 4. The van der Waals surface area contributed by atoms with E-state index in [0.29, 0.717) is 26.2 Å². The van der Waals surface area contributed by atoms with E-state index in [1.165, 1.54) is 5.56 Å². The Morgan fingerprint density at radius 1 is 1.38 bits per heavy atom. The first-order valence-electron chi connectivity index (χ1n) is 9.03. The van der Waals surface area contributed by atoms with Gasteiger partial charge in [-0.2, -0.15) is 0 Å². The Kier molecular flexibility index (Phi) is 7.41. The summed E-state index contributed by atoms with van der Waals surface area (Å²) in [6.07, 6.45) is 0.627. The monoisotopic (exact) mass is 363 g/mol. The number of rotatable bonds is 7. The third kappa shape index (κ3) is 6.00. The molecule has 0 bridgehead atoms. The minimum absolute atomic E-state index is 0.0286. The molecule has 0 aliphatic carbocycles. The summed E-state index contributed by atoms with van der Waals surface area (Å²) in [5, 5.41) is 12.0. The van der Waals surface area contributed by atoms with E-state index in [4.69, 9.17) is 9.84 Å². The summed E-state index contributed by atoms with van der Waals surface area (Å²) < 4.78 is 5.68. The first-order valence-corrected chi connectivity index (χ1v) is 9.03. The standard InChI is InChI=1S/C19H29N3O4/c1-4-17(15-7-5-14(2)6-8-15)20-19(25)22-9-10-26-16(12-22)11-21(3)13-18(23)24/h5-8,16-17H,4,9-13H2,1-3H3,(H,20,25)(H,23,24). The molecule has 2 amide bonds. The van der Waals surface area contributed by atoms with Crippen molar-refractivity contribution < 1.29 is 19.4 Å². The smallest absolute Gasteiger partial charge is 0.318 e. The molecule has 26 heavy (non-hydrogen) atoms. The lowest BCUT2D eigenvalue weighted by Crippen LogP contribution is -2.52. The topological polar surface area (TPSA) is 82.1 Å². The molecule has 1 fully saturated rings. The highest BCUT2D eigenvalue weighted by molar-refractivity contribution is 5.75. The fourth-order valence-corrected chi connectivity index (χ4v) is 3.12. The van der Waals surface area contributed by atoms with Crippen LogP contribution < -0.4 is 5.32 Å². The maximum atomic E-state index is 12.7. The Balaban J connectivity index is 1.91. The Morgan fingerprint density at radius 2 is 2.08 bits per heavy atom. The lowest BCUT2D eigenvalue weighted by atomic mass is 10.0. The van der Waals surface area contributed by atoms with Crippen LogP contribution in [0.25, 0.3) is 0 Å². The average Bonchev–Trinajstić information content (AvgIpc) is 2.59. The minimum Gasteiger partial charge on any atom is -0.480 e. The van der Waals surface area contributed by atoms with Crippen molar-refractivity contribution >= 4 is 12.0 Å². The van der Waals surface area contributed by atoms with E-state index in [1.54, 1.807) is 16.8 Å². The number of urea groups is 1. The summed E-state index contributed by atoms with van der Waals surface area (Å²) in [6, 6.07) is 8.06. The second-order valence-corrected chi connectivity index (χ2v) is 6.85. The van der Waals surface area contributed by atoms with Gasteiger partial charge < -0.3 is 20.1 Å². The number of likely N-dealkylation sites (N-methyl/N-ethyl adjacent to an activating group) is 1. The summed E-state index contributed by atoms with van der Waals surface area (Å²) in [6.45, 7) is 5.98. The predicted octanol–water partition coefficient (Wildman–Crippen LogP) is 1.87. The fraction of sp³-hybridized carbons (Fsp3) is 0.579. The van der Waals surface area contributed by atoms with Gasteiger partial charge in [-0.05, 0) is 26.0 Å². The van der Waals surface area contributed by atoms with E-state index < -0.39 is 5.97 Å². The zero-order valence-electron chi connectivity index (χ0n) is 15.8. The van der Waals surface area contributed by atoms with E-state index in [2.05, 4.69) is 5.32 Å². The van der Waals surface area contributed by atoms with E-state index in [0.717, 1.165) is 12.0 Å². The summed E-state index contributed by atoms with van der Waals surface area (Å²) >= 11 is 0. The van der Waals surface area contributed by atoms with E-state index >= 15 is 0 Å². The van der Waals surface area contributed by atoms with Crippen LogP contribution in [0.2, 0.25) is 0 Å². The van der Waals surface area contributed by atoms with Gasteiger partial charge in [0, 0.05) is 19.6 Å². The van der Waals surface area contributed by atoms with Crippen LogP contribution >= 0.6 is 0 Å². The number of nitrogens with zero attached hydrogens (tertiary/aromatic N) is 2. The molecule has 7 heteroatoms. The molecule has 1 aromatic carbocycles. The SMILES string of the molecule is CCC(NC(=O)N1CCOC(CN(C)CC(=O)O)C1)c1ccc(C)cc1. The van der Waals surface area contributed by atoms with Gasteiger partial charge in [0.05, 0.1) is 25.3 Å². The summed E-state index contributed by atoms with van der Waals surface area (Å²) in [5.41, 5.74) is 2.29. The van der Waals surface area contributed by atoms with Crippen LogP contribution in [-0.2, 0) is 9.53 Å². The van der Waals surface area contributed by atoms with Crippen LogP contribution in [0.15, 0.2) is 24.3 Å². The first-order chi connectivity index (χ1) is 12.4. The van der Waals surface area contributed by atoms with Crippen LogP contribution in [0.3, 0.4) is 0 Å². The van der Waals surface area contributed by atoms with Crippen molar-refractivity contribution in [3.63, 3.8) is 0 Å². The Hall–Kier alpha value is -2.12. The molecule has 0 spiro atoms. The zero-order valence-corrected chi connectivity index (χ0v) is 15.8. The number of carbonyl (C=O) groups excluding carboxylic acids is 1. The molecule has 0 saturated carbocycles. The molecule has 2 rings (SSSR count). The van der Waals surface area contributed by atoms with Gasteiger partial charge in [-0.15, -0.1) is 0 Å². The molecule has 1 aromatic rings. The zero-order chi connectivity index (χ0) is 19.1. The fourth-order valence-electron chi connectivity index (χ4n) is 3.12. The van der Waals surface area contributed by atoms with E-state index in [9.17, 15) is 9.59 Å². The Morgan fingerprint density at radius 3 is 2.69 bits per heavy atom. The number of carbonyl (C=O) groups is 2. The summed E-state index contributed by atoms with van der Waals surface area (Å²) in [4.78, 5) is 26.9. The lowest BCUT2D eigenvalue weighted by molar-refractivity contribution is -0.138. The third-order valence-electron chi connectivity index (χ3n) is 4.53. The van der Waals surface area contributed by atoms with Crippen molar-refractivity contribution in [2.75, 3.05) is 39.8 Å². The van der Waals surface area contributed by atoms with Gasteiger partial charge in [0.25, 0.3) is 0 Å². The number of carboxylic acid groups (broad SMARTS) is 1. The number of amides is 2. The molecule has 0 aromatic heterocycles. The van der Waals surface area contributed by atoms with Gasteiger partial charge in [0.2, 0.25) is 0 Å². The maximum Gasteiger partial charge on any atom is 0.318 e. The largest absolute Gasteiger partial charge is 0.480 e. The predicted molar refractivity (Wildman–Crippen MR) is 99.2 cm³/mol. The van der Waals surface area contributed by atoms with Gasteiger partial charge in [-0.25, -0.2) is 4.79 Å². The van der Waals surface area contributed by atoms with Crippen LogP contribution in [0.4, 0.5) is 4.79 Å². The van der Waals surface area contributed by atoms with Crippen LogP contribution in [0.1, 0.15) is 30.5 Å². The average molecular weight is 363 g/mol. The second-order valence-electron chi connectivity index (χ2n) is 6.85. The molecule has 1 aliphatic heterocycles. The third-order valence-corrected chi connectivity index (χ3v) is 4.53. The van der Waals surface area contributed by atoms with Gasteiger partial charge in [-0.1, -0.05) is 36.8 Å². The highest BCUT2D eigenvalue weighted by Gasteiger charge is 2.26. The molecule has 144 valence electrons. The number of hydrogen-bond donors (Lipinski definition) is 2. The number of carboxylic acids is 1. The Labute approximate surface area is 154 Å². The van der Waals surface area contributed by atoms with Gasteiger partial charge in [-0.3, -0.25) is 9.69 Å². The maximum absolute atomic E-state index is 12.7. The highest BCUT2D eigenvalue weighted by Crippen LogP contribution is 2.18. The number of ether oxygens (including phenoxy) is 1. The van der Waals surface area contributed by atoms with Crippen LogP contribution in [0.5, 0.6) is 0 Å². The van der Waals surface area contributed by atoms with Crippen molar-refractivity contribution in [2.24, 2.45) is 0 Å². The number of morpholine rings is 1. The highest BCUT2D eigenvalue weighted by atomic mass is 16.5. The van der Waals surface area contributed by atoms with Gasteiger partial charge in [0.15, 0.2) is 0 Å². The number of nitrogens with one attached hydrogen (secondary N) is 1. The number of benzene rings is 1. The lowest BCUT2D eigenvalue weighted by Gasteiger charge is -2.35. The Bertz CT molecular complexity index is 605. The minimum atomic E-state index is -0.873. The quantitative estimate of drug-likeness (QED) is 0.773. The van der Waals surface area contributed by atoms with Crippen LogP contribution in [-0.4, -0.2) is 72.8 Å². The van der Waals surface area contributed by atoms with Crippen molar-refractivity contribution in [1.82, 2.24) is 15.1 Å². The first kappa shape index (κ1) is 20.2. The van der Waals surface area contributed by atoms with Crippen LogP contribution in [0, 0.1) is 6.92 Å². The van der Waals surface area contributed by atoms with Gasteiger partial charge >= 0.3 is 12.0 Å². The molecule has 2 unspecified atom stereocenters. The molecule has 2 N–H and O–H groups in total. The summed E-state index contributed by atoms with van der Waals surface area (Å²) in [5.74, 6) is -0.873. The van der Waals surface area contributed by atoms with Gasteiger partial charge in [0.1, 0.15) is 0 Å². The molecule has 0 radical (unpaired) electrons. The number of aliphatic carboxylic acids is 1. The normalized spacial score (nSPS) is 18.6.